The molecular formula is C50H86NO7P. The number of hydrogen-bond acceptors (Lipinski definition) is 7. The van der Waals surface area contributed by atoms with Gasteiger partial charge in [0.25, 0.3) is 7.82 Å². The number of phosphoric ester groups is 1. The zero-order valence-corrected chi connectivity index (χ0v) is 39.1. The number of hydrogen-bond donors (Lipinski definition) is 0. The van der Waals surface area contributed by atoms with Crippen LogP contribution in [0.25, 0.3) is 0 Å². The van der Waals surface area contributed by atoms with Crippen LogP contribution in [0.4, 0.5) is 0 Å². The molecular weight excluding hydrogens is 758 g/mol. The van der Waals surface area contributed by atoms with Gasteiger partial charge in [-0.3, -0.25) is 9.36 Å². The highest BCUT2D eigenvalue weighted by Crippen LogP contribution is 2.38. The Morgan fingerprint density at radius 2 is 0.983 bits per heavy atom. The zero-order chi connectivity index (χ0) is 43.4. The fourth-order valence-electron chi connectivity index (χ4n) is 5.59. The highest BCUT2D eigenvalue weighted by Gasteiger charge is 2.20. The number of unbranched alkanes of at least 4 members (excludes halogenated alkanes) is 11. The number of rotatable bonds is 41. The van der Waals surface area contributed by atoms with Gasteiger partial charge in [-0.05, 0) is 89.9 Å². The number of quaternary nitrogens is 1. The Morgan fingerprint density at radius 3 is 1.47 bits per heavy atom. The summed E-state index contributed by atoms with van der Waals surface area (Å²) < 4.78 is 34.5. The summed E-state index contributed by atoms with van der Waals surface area (Å²) in [6, 6.07) is 0. The van der Waals surface area contributed by atoms with E-state index < -0.39 is 13.9 Å². The van der Waals surface area contributed by atoms with Crippen LogP contribution < -0.4 is 4.89 Å². The molecule has 0 radical (unpaired) electrons. The van der Waals surface area contributed by atoms with E-state index in [9.17, 15) is 14.3 Å². The lowest BCUT2D eigenvalue weighted by Crippen LogP contribution is -2.37. The van der Waals surface area contributed by atoms with E-state index >= 15 is 0 Å². The molecule has 0 aromatic carbocycles. The van der Waals surface area contributed by atoms with Gasteiger partial charge in [0.15, 0.2) is 0 Å². The molecule has 2 unspecified atom stereocenters. The van der Waals surface area contributed by atoms with Crippen molar-refractivity contribution in [1.82, 2.24) is 0 Å². The van der Waals surface area contributed by atoms with E-state index in [-0.39, 0.29) is 32.2 Å². The number of ether oxygens (including phenoxy) is 2. The topological polar surface area (TPSA) is 94.1 Å². The van der Waals surface area contributed by atoms with Crippen molar-refractivity contribution < 1.29 is 37.3 Å². The van der Waals surface area contributed by atoms with Gasteiger partial charge in [0.05, 0.1) is 34.4 Å². The molecule has 0 aliphatic heterocycles. The lowest BCUT2D eigenvalue weighted by Gasteiger charge is -2.28. The van der Waals surface area contributed by atoms with Crippen molar-refractivity contribution in [3.8, 4) is 0 Å². The zero-order valence-electron chi connectivity index (χ0n) is 38.2. The van der Waals surface area contributed by atoms with Gasteiger partial charge in [0, 0.05) is 13.0 Å². The third-order valence-corrected chi connectivity index (χ3v) is 10.1. The second-order valence-electron chi connectivity index (χ2n) is 16.0. The van der Waals surface area contributed by atoms with Gasteiger partial charge < -0.3 is 27.9 Å². The van der Waals surface area contributed by atoms with Crippen molar-refractivity contribution >= 4 is 13.8 Å². The van der Waals surface area contributed by atoms with Crippen molar-refractivity contribution in [3.05, 3.63) is 97.2 Å². The van der Waals surface area contributed by atoms with Crippen LogP contribution in [0.5, 0.6) is 0 Å². The monoisotopic (exact) mass is 844 g/mol. The normalized spacial score (nSPS) is 14.6. The van der Waals surface area contributed by atoms with Gasteiger partial charge >= 0.3 is 5.97 Å². The summed E-state index contributed by atoms with van der Waals surface area (Å²) in [5.41, 5.74) is 0. The minimum atomic E-state index is -4.55. The summed E-state index contributed by atoms with van der Waals surface area (Å²) in [4.78, 5) is 25.1. The molecule has 0 N–H and O–H groups in total. The first-order chi connectivity index (χ1) is 28.6. The number of nitrogens with zero attached hydrogens (tertiary/aromatic N) is 1. The van der Waals surface area contributed by atoms with E-state index in [4.69, 9.17) is 18.5 Å². The van der Waals surface area contributed by atoms with Gasteiger partial charge in [-0.1, -0.05) is 156 Å². The fourth-order valence-corrected chi connectivity index (χ4v) is 6.32. The SMILES string of the molecule is CC/C=C\C/C=C\C/C=C\C/C=C\C/C=C\C/C=C\CCCOCC(COP(=O)([O-])OCC[N+](C)(C)C)OC(=O)CCCCCCCCC/C=C\C/C=C\CCCCC. The Bertz CT molecular complexity index is 1260. The average molecular weight is 844 g/mol. The van der Waals surface area contributed by atoms with E-state index in [0.717, 1.165) is 89.9 Å². The quantitative estimate of drug-likeness (QED) is 0.0199. The molecule has 0 aromatic rings. The third-order valence-electron chi connectivity index (χ3n) is 9.12. The third kappa shape index (κ3) is 46.3. The van der Waals surface area contributed by atoms with Crippen LogP contribution >= 0.6 is 7.82 Å². The molecule has 59 heavy (non-hydrogen) atoms. The van der Waals surface area contributed by atoms with Crippen molar-refractivity contribution in [2.45, 2.75) is 161 Å². The van der Waals surface area contributed by atoms with E-state index in [1.54, 1.807) is 0 Å². The number of allylic oxidation sites excluding steroid dienone is 16. The lowest BCUT2D eigenvalue weighted by atomic mass is 10.1. The lowest BCUT2D eigenvalue weighted by molar-refractivity contribution is -0.870. The average Bonchev–Trinajstić information content (AvgIpc) is 3.19. The summed E-state index contributed by atoms with van der Waals surface area (Å²) in [5, 5.41) is 0. The van der Waals surface area contributed by atoms with Gasteiger partial charge in [-0.15, -0.1) is 0 Å². The minimum Gasteiger partial charge on any atom is -0.756 e. The molecule has 0 fully saturated rings. The molecule has 8 nitrogen and oxygen atoms in total. The molecule has 0 spiro atoms. The Morgan fingerprint density at radius 1 is 0.542 bits per heavy atom. The molecule has 0 amide bonds. The van der Waals surface area contributed by atoms with Crippen LogP contribution in [-0.4, -0.2) is 70.7 Å². The van der Waals surface area contributed by atoms with E-state index in [0.29, 0.717) is 17.6 Å². The van der Waals surface area contributed by atoms with Gasteiger partial charge in [0.1, 0.15) is 19.3 Å². The van der Waals surface area contributed by atoms with Crippen LogP contribution in [0.2, 0.25) is 0 Å². The highest BCUT2D eigenvalue weighted by atomic mass is 31.2. The van der Waals surface area contributed by atoms with Crippen molar-refractivity contribution in [2.24, 2.45) is 0 Å². The van der Waals surface area contributed by atoms with E-state index in [1.165, 1.54) is 44.9 Å². The summed E-state index contributed by atoms with van der Waals surface area (Å²) >= 11 is 0. The second kappa shape index (κ2) is 42.1. The number of carbonyl (C=O) groups excluding carboxylic acids is 1. The first kappa shape index (κ1) is 56.4. The maximum absolute atomic E-state index is 12.7. The maximum Gasteiger partial charge on any atom is 0.306 e. The molecule has 0 heterocycles. The highest BCUT2D eigenvalue weighted by molar-refractivity contribution is 7.45. The minimum absolute atomic E-state index is 0.00794. The van der Waals surface area contributed by atoms with E-state index in [2.05, 4.69) is 111 Å². The first-order valence-electron chi connectivity index (χ1n) is 23.0. The smallest absolute Gasteiger partial charge is 0.306 e. The molecule has 0 saturated heterocycles. The Labute approximate surface area is 362 Å². The van der Waals surface area contributed by atoms with E-state index in [1.807, 2.05) is 21.1 Å². The van der Waals surface area contributed by atoms with Crippen LogP contribution in [0, 0.1) is 0 Å². The molecule has 0 bridgehead atoms. The molecule has 0 saturated carbocycles. The van der Waals surface area contributed by atoms with Crippen LogP contribution in [0.15, 0.2) is 97.2 Å². The first-order valence-corrected chi connectivity index (χ1v) is 24.4. The summed E-state index contributed by atoms with van der Waals surface area (Å²) in [5.74, 6) is -0.366. The summed E-state index contributed by atoms with van der Waals surface area (Å²) in [6.07, 6.45) is 57.2. The van der Waals surface area contributed by atoms with Crippen molar-refractivity contribution in [1.29, 1.82) is 0 Å². The van der Waals surface area contributed by atoms with Gasteiger partial charge in [-0.2, -0.15) is 0 Å². The van der Waals surface area contributed by atoms with Crippen molar-refractivity contribution in [2.75, 3.05) is 54.1 Å². The second-order valence-corrected chi connectivity index (χ2v) is 17.4. The largest absolute Gasteiger partial charge is 0.756 e. The number of carbonyl (C=O) groups is 1. The number of esters is 1. The molecule has 0 aliphatic rings. The summed E-state index contributed by atoms with van der Waals surface area (Å²) in [7, 11) is 1.30. The van der Waals surface area contributed by atoms with Crippen LogP contribution in [0.3, 0.4) is 0 Å². The number of phosphoric acid groups is 1. The molecule has 0 rings (SSSR count). The maximum atomic E-state index is 12.7. The predicted octanol–water partition coefficient (Wildman–Crippen LogP) is 13.2. The van der Waals surface area contributed by atoms with Crippen LogP contribution in [0.1, 0.15) is 155 Å². The molecule has 9 heteroatoms. The molecule has 338 valence electrons. The fraction of sp³-hybridized carbons (Fsp3) is 0.660. The predicted molar refractivity (Wildman–Crippen MR) is 249 cm³/mol. The van der Waals surface area contributed by atoms with Gasteiger partial charge in [-0.25, -0.2) is 0 Å². The Balaban J connectivity index is 4.36. The van der Waals surface area contributed by atoms with Gasteiger partial charge in [0.2, 0.25) is 0 Å². The Hall–Kier alpha value is -2.58. The van der Waals surface area contributed by atoms with Crippen molar-refractivity contribution in [3.63, 3.8) is 0 Å². The molecule has 0 aliphatic carbocycles. The van der Waals surface area contributed by atoms with Crippen LogP contribution in [-0.2, 0) is 27.9 Å². The summed E-state index contributed by atoms with van der Waals surface area (Å²) in [6.45, 7) is 5.07. The molecule has 0 aromatic heterocycles. The Kier molecular flexibility index (Phi) is 40.3. The standard InChI is InChI=1S/C50H86NO7P/c1-6-8-10-12-14-16-18-20-22-24-25-26-28-30-32-34-36-38-40-42-45-55-47-49(48-57-59(53,54)56-46-44-51(3,4)5)58-50(52)43-41-39-37-35-33-31-29-27-23-21-19-17-15-13-11-9-7-2/h8,10,14-17,20-23,25-26,30,32,36,38,49H,6-7,9,11-13,18-19,24,27-29,31,33-35,37,39-48H2,1-5H3/b10-8-,16-14-,17-15-,22-20-,23-21-,26-25-,32-30-,38-36-. The number of likely N-dealkylation sites (N-methyl/N-ethyl adjacent to an activating group) is 1. The molecule has 2 atom stereocenters.